The van der Waals surface area contributed by atoms with Gasteiger partial charge in [0.15, 0.2) is 0 Å². The molecule has 1 aliphatic carbocycles. The zero-order chi connectivity index (χ0) is 11.0. The van der Waals surface area contributed by atoms with Crippen LogP contribution in [0.4, 0.5) is 0 Å². The maximum Gasteiger partial charge on any atom is 0.0719 e. The van der Waals surface area contributed by atoms with Crippen LogP contribution in [0.25, 0.3) is 0 Å². The van der Waals surface area contributed by atoms with Crippen molar-refractivity contribution < 1.29 is 4.74 Å². The smallest absolute Gasteiger partial charge is 0.0719 e. The Labute approximate surface area is 96.8 Å². The van der Waals surface area contributed by atoms with Gasteiger partial charge in [-0.1, -0.05) is 24.6 Å². The number of fused-ring (bicyclic) bond motifs is 1. The molecule has 3 rings (SSSR count). The van der Waals surface area contributed by atoms with Crippen molar-refractivity contribution in [2.24, 2.45) is 5.73 Å². The lowest BCUT2D eigenvalue weighted by Gasteiger charge is -2.42. The van der Waals surface area contributed by atoms with Crippen molar-refractivity contribution in [2.45, 2.75) is 37.7 Å². The average Bonchev–Trinajstić information content (AvgIpc) is 2.28. The molecule has 1 aliphatic heterocycles. The number of ether oxygens (including phenoxy) is 1. The summed E-state index contributed by atoms with van der Waals surface area (Å²) < 4.78 is 5.46. The van der Waals surface area contributed by atoms with E-state index < -0.39 is 0 Å². The van der Waals surface area contributed by atoms with Gasteiger partial charge in [-0.3, -0.25) is 0 Å². The van der Waals surface area contributed by atoms with E-state index in [2.05, 4.69) is 18.2 Å². The molecule has 0 atom stereocenters. The molecule has 2 aliphatic rings. The minimum Gasteiger partial charge on any atom is -0.376 e. The molecule has 0 spiro atoms. The highest BCUT2D eigenvalue weighted by Gasteiger charge is 2.37. The van der Waals surface area contributed by atoms with Gasteiger partial charge in [-0.15, -0.1) is 0 Å². The van der Waals surface area contributed by atoms with Crippen molar-refractivity contribution in [1.82, 2.24) is 0 Å². The van der Waals surface area contributed by atoms with Crippen LogP contribution in [-0.2, 0) is 23.2 Å². The van der Waals surface area contributed by atoms with Gasteiger partial charge in [0, 0.05) is 12.0 Å². The van der Waals surface area contributed by atoms with Crippen LogP contribution in [0.2, 0.25) is 0 Å². The number of hydrogen-bond donors (Lipinski definition) is 1. The number of benzene rings is 1. The molecule has 2 heteroatoms. The molecule has 1 heterocycles. The van der Waals surface area contributed by atoms with Gasteiger partial charge in [0.2, 0.25) is 0 Å². The first-order valence-electron chi connectivity index (χ1n) is 6.24. The monoisotopic (exact) mass is 217 g/mol. The maximum atomic E-state index is 5.95. The Morgan fingerprint density at radius 2 is 2.12 bits per heavy atom. The standard InChI is InChI=1S/C14H19NO/c15-10-14(5-1-6-14)13-3-2-12-9-16-7-4-11(12)8-13/h2-3,8H,1,4-7,9-10,15H2. The van der Waals surface area contributed by atoms with E-state index in [4.69, 9.17) is 10.5 Å². The van der Waals surface area contributed by atoms with Crippen LogP contribution >= 0.6 is 0 Å². The molecule has 1 aromatic carbocycles. The highest BCUT2D eigenvalue weighted by molar-refractivity contribution is 5.38. The van der Waals surface area contributed by atoms with Crippen molar-refractivity contribution in [3.63, 3.8) is 0 Å². The Morgan fingerprint density at radius 3 is 2.81 bits per heavy atom. The summed E-state index contributed by atoms with van der Waals surface area (Å²) in [6, 6.07) is 6.88. The number of rotatable bonds is 2. The van der Waals surface area contributed by atoms with E-state index in [9.17, 15) is 0 Å². The van der Waals surface area contributed by atoms with Crippen LogP contribution in [0.1, 0.15) is 36.0 Å². The predicted octanol–water partition coefficient (Wildman–Crippen LogP) is 2.14. The van der Waals surface area contributed by atoms with Crippen molar-refractivity contribution >= 4 is 0 Å². The summed E-state index contributed by atoms with van der Waals surface area (Å²) in [7, 11) is 0. The zero-order valence-corrected chi connectivity index (χ0v) is 9.67. The van der Waals surface area contributed by atoms with Gasteiger partial charge >= 0.3 is 0 Å². The van der Waals surface area contributed by atoms with Crippen molar-refractivity contribution in [1.29, 1.82) is 0 Å². The molecule has 86 valence electrons. The summed E-state index contributed by atoms with van der Waals surface area (Å²) in [5.41, 5.74) is 10.5. The Morgan fingerprint density at radius 1 is 1.25 bits per heavy atom. The van der Waals surface area contributed by atoms with Crippen molar-refractivity contribution in [2.75, 3.05) is 13.2 Å². The molecule has 1 saturated carbocycles. The fourth-order valence-electron chi connectivity index (χ4n) is 2.91. The molecular weight excluding hydrogens is 198 g/mol. The zero-order valence-electron chi connectivity index (χ0n) is 9.67. The highest BCUT2D eigenvalue weighted by Crippen LogP contribution is 2.43. The maximum absolute atomic E-state index is 5.95. The van der Waals surface area contributed by atoms with E-state index in [1.807, 2.05) is 0 Å². The van der Waals surface area contributed by atoms with E-state index in [0.717, 1.165) is 26.2 Å². The average molecular weight is 217 g/mol. The molecule has 2 N–H and O–H groups in total. The second-order valence-corrected chi connectivity index (χ2v) is 5.12. The molecule has 0 saturated heterocycles. The summed E-state index contributed by atoms with van der Waals surface area (Å²) >= 11 is 0. The van der Waals surface area contributed by atoms with E-state index >= 15 is 0 Å². The lowest BCUT2D eigenvalue weighted by atomic mass is 9.64. The van der Waals surface area contributed by atoms with Gasteiger partial charge in [-0.2, -0.15) is 0 Å². The number of nitrogens with two attached hydrogens (primary N) is 1. The predicted molar refractivity (Wildman–Crippen MR) is 64.4 cm³/mol. The third kappa shape index (κ3) is 1.48. The van der Waals surface area contributed by atoms with Crippen LogP contribution in [-0.4, -0.2) is 13.2 Å². The summed E-state index contributed by atoms with van der Waals surface area (Å²) in [6.45, 7) is 2.44. The van der Waals surface area contributed by atoms with Crippen LogP contribution in [0, 0.1) is 0 Å². The lowest BCUT2D eigenvalue weighted by molar-refractivity contribution is 0.110. The Kier molecular flexibility index (Phi) is 2.49. The molecular formula is C14H19NO. The second-order valence-electron chi connectivity index (χ2n) is 5.12. The van der Waals surface area contributed by atoms with E-state index in [1.54, 1.807) is 0 Å². The van der Waals surface area contributed by atoms with E-state index in [-0.39, 0.29) is 0 Å². The fourth-order valence-corrected chi connectivity index (χ4v) is 2.91. The fraction of sp³-hybridized carbons (Fsp3) is 0.571. The molecule has 0 aromatic heterocycles. The SMILES string of the molecule is NCC1(c2ccc3c(c2)CCOC3)CCC1. The Hall–Kier alpha value is -0.860. The first-order chi connectivity index (χ1) is 7.84. The molecule has 16 heavy (non-hydrogen) atoms. The third-order valence-electron chi connectivity index (χ3n) is 4.29. The van der Waals surface area contributed by atoms with Gasteiger partial charge in [0.25, 0.3) is 0 Å². The van der Waals surface area contributed by atoms with E-state index in [1.165, 1.54) is 36.0 Å². The third-order valence-corrected chi connectivity index (χ3v) is 4.29. The summed E-state index contributed by atoms with van der Waals surface area (Å²) in [5.74, 6) is 0. The molecule has 2 nitrogen and oxygen atoms in total. The molecule has 0 bridgehead atoms. The van der Waals surface area contributed by atoms with E-state index in [0.29, 0.717) is 5.41 Å². The summed E-state index contributed by atoms with van der Waals surface area (Å²) in [6.07, 6.45) is 4.92. The normalized spacial score (nSPS) is 22.3. The second kappa shape index (κ2) is 3.86. The topological polar surface area (TPSA) is 35.2 Å². The summed E-state index contributed by atoms with van der Waals surface area (Å²) in [4.78, 5) is 0. The first-order valence-corrected chi connectivity index (χ1v) is 6.24. The van der Waals surface area contributed by atoms with Gasteiger partial charge in [-0.25, -0.2) is 0 Å². The lowest BCUT2D eigenvalue weighted by Crippen LogP contribution is -2.41. The Balaban J connectivity index is 1.96. The molecule has 1 aromatic rings. The van der Waals surface area contributed by atoms with Crippen molar-refractivity contribution in [3.05, 3.63) is 34.9 Å². The summed E-state index contributed by atoms with van der Waals surface area (Å²) in [5, 5.41) is 0. The minimum atomic E-state index is 0.299. The van der Waals surface area contributed by atoms with Gasteiger partial charge in [-0.05, 0) is 36.0 Å². The molecule has 0 amide bonds. The molecule has 1 fully saturated rings. The largest absolute Gasteiger partial charge is 0.376 e. The van der Waals surface area contributed by atoms with Crippen molar-refractivity contribution in [3.8, 4) is 0 Å². The van der Waals surface area contributed by atoms with Crippen LogP contribution in [0.15, 0.2) is 18.2 Å². The van der Waals surface area contributed by atoms with Gasteiger partial charge < -0.3 is 10.5 Å². The molecule has 0 unspecified atom stereocenters. The van der Waals surface area contributed by atoms with Gasteiger partial charge in [0.1, 0.15) is 0 Å². The van der Waals surface area contributed by atoms with Crippen LogP contribution in [0.3, 0.4) is 0 Å². The van der Waals surface area contributed by atoms with Crippen LogP contribution < -0.4 is 5.73 Å². The Bertz CT molecular complexity index is 390. The van der Waals surface area contributed by atoms with Crippen LogP contribution in [0.5, 0.6) is 0 Å². The number of hydrogen-bond acceptors (Lipinski definition) is 2. The highest BCUT2D eigenvalue weighted by atomic mass is 16.5. The minimum absolute atomic E-state index is 0.299. The van der Waals surface area contributed by atoms with Gasteiger partial charge in [0.05, 0.1) is 13.2 Å². The molecule has 0 radical (unpaired) electrons. The first kappa shape index (κ1) is 10.3. The quantitative estimate of drug-likeness (QED) is 0.823.